The van der Waals surface area contributed by atoms with Crippen LogP contribution in [0.3, 0.4) is 0 Å². The SMILES string of the molecule is Cc1nn(Cc2ccc(Cl)cc2Cl)c(C)c1NC(=O)c1ccnn1COc1ccccc1Cl. The third-order valence-electron chi connectivity index (χ3n) is 5.08. The largest absolute Gasteiger partial charge is 0.470 e. The van der Waals surface area contributed by atoms with E-state index in [2.05, 4.69) is 15.5 Å². The zero-order valence-corrected chi connectivity index (χ0v) is 20.1. The number of hydrogen-bond acceptors (Lipinski definition) is 4. The summed E-state index contributed by atoms with van der Waals surface area (Å²) in [5.41, 5.74) is 3.33. The molecule has 0 atom stereocenters. The Balaban J connectivity index is 1.49. The Bertz CT molecular complexity index is 1320. The van der Waals surface area contributed by atoms with E-state index in [1.165, 1.54) is 10.9 Å². The number of nitrogens with zero attached hydrogens (tertiary/aromatic N) is 4. The summed E-state index contributed by atoms with van der Waals surface area (Å²) in [7, 11) is 0. The average Bonchev–Trinajstić information content (AvgIpc) is 3.35. The highest BCUT2D eigenvalue weighted by molar-refractivity contribution is 6.35. The molecule has 4 aromatic rings. The summed E-state index contributed by atoms with van der Waals surface area (Å²) in [6.45, 7) is 4.20. The van der Waals surface area contributed by atoms with Gasteiger partial charge < -0.3 is 10.1 Å². The molecule has 2 heterocycles. The highest BCUT2D eigenvalue weighted by Gasteiger charge is 2.19. The van der Waals surface area contributed by atoms with Crippen LogP contribution in [-0.4, -0.2) is 25.5 Å². The lowest BCUT2D eigenvalue weighted by Crippen LogP contribution is -2.20. The minimum Gasteiger partial charge on any atom is -0.470 e. The smallest absolute Gasteiger partial charge is 0.274 e. The number of carbonyl (C=O) groups is 1. The van der Waals surface area contributed by atoms with Crippen molar-refractivity contribution in [2.24, 2.45) is 0 Å². The number of anilines is 1. The molecule has 10 heteroatoms. The van der Waals surface area contributed by atoms with Crippen molar-refractivity contribution in [1.82, 2.24) is 19.6 Å². The lowest BCUT2D eigenvalue weighted by atomic mass is 10.2. The number of carbonyl (C=O) groups excluding carboxylic acids is 1. The van der Waals surface area contributed by atoms with Crippen LogP contribution < -0.4 is 10.1 Å². The van der Waals surface area contributed by atoms with E-state index < -0.39 is 0 Å². The van der Waals surface area contributed by atoms with Gasteiger partial charge in [-0.2, -0.15) is 10.2 Å². The van der Waals surface area contributed by atoms with Crippen molar-refractivity contribution in [2.75, 3.05) is 5.32 Å². The molecule has 2 aromatic carbocycles. The van der Waals surface area contributed by atoms with E-state index in [9.17, 15) is 4.79 Å². The molecule has 1 N–H and O–H groups in total. The van der Waals surface area contributed by atoms with Crippen LogP contribution in [0, 0.1) is 13.8 Å². The fourth-order valence-corrected chi connectivity index (χ4v) is 4.00. The van der Waals surface area contributed by atoms with Gasteiger partial charge in [-0.15, -0.1) is 0 Å². The average molecular weight is 505 g/mol. The van der Waals surface area contributed by atoms with Gasteiger partial charge in [0.15, 0.2) is 6.73 Å². The maximum Gasteiger partial charge on any atom is 0.274 e. The van der Waals surface area contributed by atoms with Crippen LogP contribution in [0.25, 0.3) is 0 Å². The van der Waals surface area contributed by atoms with Crippen molar-refractivity contribution in [2.45, 2.75) is 27.1 Å². The van der Waals surface area contributed by atoms with Crippen molar-refractivity contribution < 1.29 is 9.53 Å². The number of amides is 1. The Morgan fingerprint density at radius 1 is 1.03 bits per heavy atom. The Morgan fingerprint density at radius 3 is 2.58 bits per heavy atom. The molecule has 2 aromatic heterocycles. The van der Waals surface area contributed by atoms with Gasteiger partial charge >= 0.3 is 0 Å². The van der Waals surface area contributed by atoms with E-state index >= 15 is 0 Å². The summed E-state index contributed by atoms with van der Waals surface area (Å²) in [4.78, 5) is 13.0. The van der Waals surface area contributed by atoms with Gasteiger partial charge in [-0.25, -0.2) is 4.68 Å². The van der Waals surface area contributed by atoms with Gasteiger partial charge in [-0.3, -0.25) is 9.48 Å². The summed E-state index contributed by atoms with van der Waals surface area (Å²) in [6, 6.07) is 14.1. The number of aryl methyl sites for hydroxylation is 1. The minimum atomic E-state index is -0.328. The second-order valence-electron chi connectivity index (χ2n) is 7.31. The second-order valence-corrected chi connectivity index (χ2v) is 8.56. The first kappa shape index (κ1) is 23.2. The number of benzene rings is 2. The van der Waals surface area contributed by atoms with Crippen LogP contribution in [0.5, 0.6) is 5.75 Å². The molecule has 170 valence electrons. The van der Waals surface area contributed by atoms with Crippen molar-refractivity contribution in [3.8, 4) is 5.75 Å². The molecule has 33 heavy (non-hydrogen) atoms. The minimum absolute atomic E-state index is 0.0335. The number of aromatic nitrogens is 4. The Labute approximate surface area is 205 Å². The van der Waals surface area contributed by atoms with Gasteiger partial charge in [0.2, 0.25) is 0 Å². The zero-order valence-electron chi connectivity index (χ0n) is 17.8. The van der Waals surface area contributed by atoms with Gasteiger partial charge in [-0.05, 0) is 49.7 Å². The lowest BCUT2D eigenvalue weighted by Gasteiger charge is -2.11. The molecule has 1 amide bonds. The van der Waals surface area contributed by atoms with E-state index in [-0.39, 0.29) is 12.6 Å². The van der Waals surface area contributed by atoms with Crippen LogP contribution in [0.15, 0.2) is 54.7 Å². The predicted octanol–water partition coefficient (Wildman–Crippen LogP) is 5.99. The number of rotatable bonds is 7. The molecule has 7 nitrogen and oxygen atoms in total. The number of nitrogens with one attached hydrogen (secondary N) is 1. The molecule has 0 saturated heterocycles. The molecule has 0 fully saturated rings. The molecule has 0 unspecified atom stereocenters. The Hall–Kier alpha value is -3.00. The number of hydrogen-bond donors (Lipinski definition) is 1. The fraction of sp³-hybridized carbons (Fsp3) is 0.174. The van der Waals surface area contributed by atoms with Gasteiger partial charge in [-0.1, -0.05) is 53.0 Å². The van der Waals surface area contributed by atoms with E-state index in [4.69, 9.17) is 39.5 Å². The van der Waals surface area contributed by atoms with Crippen molar-refractivity contribution in [3.63, 3.8) is 0 Å². The first-order valence-corrected chi connectivity index (χ1v) is 11.2. The molecular weight excluding hydrogens is 485 g/mol. The standard InChI is InChI=1S/C23H20Cl3N5O2/c1-14-22(15(2)30(29-14)12-16-7-8-17(24)11-19(16)26)28-23(32)20-9-10-27-31(20)13-33-21-6-4-3-5-18(21)25/h3-11H,12-13H2,1-2H3,(H,28,32). The normalized spacial score (nSPS) is 10.9. The highest BCUT2D eigenvalue weighted by Crippen LogP contribution is 2.26. The molecule has 0 spiro atoms. The molecular formula is C23H20Cl3N5O2. The monoisotopic (exact) mass is 503 g/mol. The summed E-state index contributed by atoms with van der Waals surface area (Å²) >= 11 is 18.4. The highest BCUT2D eigenvalue weighted by atomic mass is 35.5. The molecule has 0 bridgehead atoms. The van der Waals surface area contributed by atoms with Crippen molar-refractivity contribution in [1.29, 1.82) is 0 Å². The first-order chi connectivity index (χ1) is 15.8. The summed E-state index contributed by atoms with van der Waals surface area (Å²) in [5.74, 6) is 0.181. The summed E-state index contributed by atoms with van der Waals surface area (Å²) < 4.78 is 8.96. The van der Waals surface area contributed by atoms with Gasteiger partial charge in [0, 0.05) is 16.2 Å². The quantitative estimate of drug-likeness (QED) is 0.335. The Morgan fingerprint density at radius 2 is 1.82 bits per heavy atom. The van der Waals surface area contributed by atoms with Gasteiger partial charge in [0.1, 0.15) is 11.4 Å². The third-order valence-corrected chi connectivity index (χ3v) is 5.98. The topological polar surface area (TPSA) is 74.0 Å². The molecule has 0 aliphatic rings. The fourth-order valence-electron chi connectivity index (χ4n) is 3.34. The predicted molar refractivity (Wildman–Crippen MR) is 130 cm³/mol. The van der Waals surface area contributed by atoms with Crippen molar-refractivity contribution >= 4 is 46.4 Å². The van der Waals surface area contributed by atoms with Gasteiger partial charge in [0.05, 0.1) is 28.6 Å². The van der Waals surface area contributed by atoms with Crippen LogP contribution in [0.2, 0.25) is 15.1 Å². The zero-order chi connectivity index (χ0) is 23.5. The second kappa shape index (κ2) is 9.87. The van der Waals surface area contributed by atoms with E-state index in [0.717, 1.165) is 11.3 Å². The Kier molecular flexibility index (Phi) is 6.93. The lowest BCUT2D eigenvalue weighted by molar-refractivity contribution is 0.100. The maximum absolute atomic E-state index is 13.0. The number of para-hydroxylation sites is 1. The van der Waals surface area contributed by atoms with Crippen molar-refractivity contribution in [3.05, 3.63) is 92.4 Å². The molecule has 0 aliphatic heterocycles. The maximum atomic E-state index is 13.0. The summed E-state index contributed by atoms with van der Waals surface area (Å²) in [6.07, 6.45) is 1.54. The number of ether oxygens (including phenoxy) is 1. The number of halogens is 3. The molecule has 0 saturated carbocycles. The molecule has 4 rings (SSSR count). The van der Waals surface area contributed by atoms with Crippen LogP contribution in [-0.2, 0) is 13.3 Å². The first-order valence-electron chi connectivity index (χ1n) is 10.0. The van der Waals surface area contributed by atoms with E-state index in [1.54, 1.807) is 35.0 Å². The molecule has 0 radical (unpaired) electrons. The van der Waals surface area contributed by atoms with Crippen LogP contribution in [0.4, 0.5) is 5.69 Å². The van der Waals surface area contributed by atoms with Crippen LogP contribution >= 0.6 is 34.8 Å². The van der Waals surface area contributed by atoms with Gasteiger partial charge in [0.25, 0.3) is 5.91 Å². The van der Waals surface area contributed by atoms with E-state index in [0.29, 0.717) is 44.4 Å². The third kappa shape index (κ3) is 5.16. The molecule has 0 aliphatic carbocycles. The van der Waals surface area contributed by atoms with Crippen LogP contribution in [0.1, 0.15) is 27.4 Å². The summed E-state index contributed by atoms with van der Waals surface area (Å²) in [5, 5.41) is 13.3. The van der Waals surface area contributed by atoms with E-state index in [1.807, 2.05) is 32.0 Å².